The van der Waals surface area contributed by atoms with Gasteiger partial charge in [0, 0.05) is 31.1 Å². The predicted octanol–water partition coefficient (Wildman–Crippen LogP) is 5.56. The average Bonchev–Trinajstić information content (AvgIpc) is 2.63. The van der Waals surface area contributed by atoms with Crippen LogP contribution >= 0.6 is 0 Å². The molecule has 0 spiro atoms. The van der Waals surface area contributed by atoms with E-state index in [4.69, 9.17) is 0 Å². The number of carbonyl (C=O) groups is 1. The van der Waals surface area contributed by atoms with E-state index >= 15 is 0 Å². The van der Waals surface area contributed by atoms with Crippen molar-refractivity contribution in [3.63, 3.8) is 0 Å². The second-order valence-corrected chi connectivity index (χ2v) is 7.75. The topological polar surface area (TPSA) is 51.2 Å². The van der Waals surface area contributed by atoms with Crippen LogP contribution in [0.4, 0.5) is 36.4 Å². The number of anilines is 1. The Morgan fingerprint density at radius 3 is 2.12 bits per heavy atom. The van der Waals surface area contributed by atoms with E-state index in [9.17, 15) is 35.5 Å². The van der Waals surface area contributed by atoms with E-state index in [1.165, 1.54) is 32.0 Å². The molecule has 2 rings (SSSR count). The molecule has 0 aliphatic rings. The number of halogens is 7. The quantitative estimate of drug-likeness (QED) is 0.492. The molecule has 4 nitrogen and oxygen atoms in total. The van der Waals surface area contributed by atoms with E-state index in [0.29, 0.717) is 5.56 Å². The van der Waals surface area contributed by atoms with Gasteiger partial charge in [0.1, 0.15) is 11.5 Å². The summed E-state index contributed by atoms with van der Waals surface area (Å²) in [4.78, 5) is 16.2. The van der Waals surface area contributed by atoms with E-state index in [-0.39, 0.29) is 30.8 Å². The first-order valence-electron chi connectivity index (χ1n) is 9.42. The van der Waals surface area contributed by atoms with Crippen molar-refractivity contribution in [2.75, 3.05) is 18.5 Å². The summed E-state index contributed by atoms with van der Waals surface area (Å²) in [7, 11) is 0. The summed E-state index contributed by atoms with van der Waals surface area (Å²) in [5.74, 6) is -0.830. The van der Waals surface area contributed by atoms with Crippen LogP contribution in [-0.4, -0.2) is 35.8 Å². The van der Waals surface area contributed by atoms with Gasteiger partial charge in [0.15, 0.2) is 6.61 Å². The molecule has 0 radical (unpaired) electrons. The summed E-state index contributed by atoms with van der Waals surface area (Å²) in [6.45, 7) is 0.846. The van der Waals surface area contributed by atoms with Crippen LogP contribution < -0.4 is 10.1 Å². The van der Waals surface area contributed by atoms with Gasteiger partial charge in [-0.15, -0.1) is 0 Å². The van der Waals surface area contributed by atoms with Crippen molar-refractivity contribution in [2.45, 2.75) is 44.7 Å². The van der Waals surface area contributed by atoms with Gasteiger partial charge in [-0.3, -0.25) is 4.79 Å². The Hall–Kier alpha value is -2.85. The normalized spacial score (nSPS) is 12.5. The largest absolute Gasteiger partial charge is 0.468 e. The summed E-state index contributed by atoms with van der Waals surface area (Å²) in [5, 5.41) is 2.71. The summed E-state index contributed by atoms with van der Waals surface area (Å²) in [5.41, 5.74) is -1.85. The van der Waals surface area contributed by atoms with E-state index in [0.717, 1.165) is 18.2 Å². The van der Waals surface area contributed by atoms with Crippen LogP contribution in [0.3, 0.4) is 0 Å². The van der Waals surface area contributed by atoms with Crippen molar-refractivity contribution in [1.29, 1.82) is 0 Å². The van der Waals surface area contributed by atoms with Gasteiger partial charge >= 0.3 is 12.4 Å². The number of hydrogen-bond donors (Lipinski definition) is 1. The molecule has 0 unspecified atom stereocenters. The molecule has 1 aromatic carbocycles. The summed E-state index contributed by atoms with van der Waals surface area (Å²) in [6, 6.07) is 6.58. The number of carbonyl (C=O) groups excluding carboxylic acids is 1. The molecular weight excluding hydrogens is 445 g/mol. The van der Waals surface area contributed by atoms with E-state index in [1.807, 2.05) is 0 Å². The number of aromatic nitrogens is 1. The van der Waals surface area contributed by atoms with Crippen molar-refractivity contribution in [3.05, 3.63) is 53.2 Å². The maximum Gasteiger partial charge on any atom is 0.422 e. The van der Waals surface area contributed by atoms with E-state index in [1.54, 1.807) is 0 Å². The van der Waals surface area contributed by atoms with E-state index in [2.05, 4.69) is 15.0 Å². The first-order valence-corrected chi connectivity index (χ1v) is 9.42. The Bertz CT molecular complexity index is 881. The molecule has 0 aliphatic carbocycles. The maximum atomic E-state index is 13.8. The highest BCUT2D eigenvalue weighted by atomic mass is 19.4. The Morgan fingerprint density at radius 2 is 1.59 bits per heavy atom. The SMILES string of the molecule is CC(C)(F)CNc1cc(CC(=O)Cc2ccc(C(F)(F)F)cc2)nc(OCC(F)(F)F)c1. The summed E-state index contributed by atoms with van der Waals surface area (Å²) < 4.78 is 93.7. The Kier molecular flexibility index (Phi) is 7.74. The Morgan fingerprint density at radius 1 is 0.969 bits per heavy atom. The van der Waals surface area contributed by atoms with Crippen LogP contribution in [0.5, 0.6) is 5.88 Å². The molecule has 11 heteroatoms. The predicted molar refractivity (Wildman–Crippen MR) is 103 cm³/mol. The fourth-order valence-corrected chi connectivity index (χ4v) is 2.60. The van der Waals surface area contributed by atoms with Gasteiger partial charge < -0.3 is 10.1 Å². The molecule has 32 heavy (non-hydrogen) atoms. The van der Waals surface area contributed by atoms with E-state index < -0.39 is 41.9 Å². The lowest BCUT2D eigenvalue weighted by molar-refractivity contribution is -0.154. The highest BCUT2D eigenvalue weighted by Gasteiger charge is 2.30. The van der Waals surface area contributed by atoms with Crippen LogP contribution in [0.25, 0.3) is 0 Å². The first-order chi connectivity index (χ1) is 14.6. The number of nitrogens with one attached hydrogen (secondary N) is 1. The Labute approximate surface area is 179 Å². The van der Waals surface area contributed by atoms with Crippen LogP contribution in [0.15, 0.2) is 36.4 Å². The molecule has 0 fully saturated rings. The molecule has 1 heterocycles. The standard InChI is InChI=1S/C21H21F7N2O2/c1-19(2,22)11-29-15-8-16(30-18(10-15)32-12-20(23,24)25)9-17(31)7-13-3-5-14(6-4-13)21(26,27)28/h3-6,8,10H,7,9,11-12H2,1-2H3,(H,29,30). The van der Waals surface area contributed by atoms with Gasteiger partial charge in [0.25, 0.3) is 0 Å². The summed E-state index contributed by atoms with van der Waals surface area (Å²) >= 11 is 0. The zero-order valence-corrected chi connectivity index (χ0v) is 17.2. The minimum Gasteiger partial charge on any atom is -0.468 e. The minimum absolute atomic E-state index is 0.0701. The molecular formula is C21H21F7N2O2. The van der Waals surface area contributed by atoms with Gasteiger partial charge in [0.2, 0.25) is 5.88 Å². The molecule has 0 saturated heterocycles. The molecule has 0 aliphatic heterocycles. The zero-order chi connectivity index (χ0) is 24.2. The fraction of sp³-hybridized carbons (Fsp3) is 0.429. The van der Waals surface area contributed by atoms with Gasteiger partial charge in [-0.05, 0) is 37.6 Å². The number of pyridine rings is 1. The number of rotatable bonds is 9. The lowest BCUT2D eigenvalue weighted by atomic mass is 10.0. The molecule has 176 valence electrons. The van der Waals surface area contributed by atoms with Crippen LogP contribution in [-0.2, 0) is 23.8 Å². The average molecular weight is 466 g/mol. The van der Waals surface area contributed by atoms with Crippen LogP contribution in [0.1, 0.15) is 30.7 Å². The second-order valence-electron chi connectivity index (χ2n) is 7.75. The molecule has 1 aromatic heterocycles. The van der Waals surface area contributed by atoms with Gasteiger partial charge in [-0.2, -0.15) is 26.3 Å². The van der Waals surface area contributed by atoms with Crippen molar-refractivity contribution in [2.24, 2.45) is 0 Å². The van der Waals surface area contributed by atoms with Crippen LogP contribution in [0.2, 0.25) is 0 Å². The van der Waals surface area contributed by atoms with Crippen molar-refractivity contribution >= 4 is 11.5 Å². The van der Waals surface area contributed by atoms with Crippen LogP contribution in [0, 0.1) is 0 Å². The minimum atomic E-state index is -4.61. The van der Waals surface area contributed by atoms with Gasteiger partial charge in [0.05, 0.1) is 11.3 Å². The zero-order valence-electron chi connectivity index (χ0n) is 17.2. The molecule has 0 amide bonds. The van der Waals surface area contributed by atoms with Gasteiger partial charge in [-0.25, -0.2) is 9.37 Å². The monoisotopic (exact) mass is 466 g/mol. The number of nitrogens with zero attached hydrogens (tertiary/aromatic N) is 1. The molecule has 0 atom stereocenters. The fourth-order valence-electron chi connectivity index (χ4n) is 2.60. The first kappa shape index (κ1) is 25.4. The third kappa shape index (κ3) is 9.11. The highest BCUT2D eigenvalue weighted by molar-refractivity contribution is 5.83. The van der Waals surface area contributed by atoms with Crippen molar-refractivity contribution in [1.82, 2.24) is 4.98 Å². The van der Waals surface area contributed by atoms with Gasteiger partial charge in [-0.1, -0.05) is 12.1 Å². The number of alkyl halides is 7. The number of hydrogen-bond acceptors (Lipinski definition) is 4. The molecule has 0 bridgehead atoms. The van der Waals surface area contributed by atoms with Crippen molar-refractivity contribution in [3.8, 4) is 5.88 Å². The molecule has 1 N–H and O–H groups in total. The lowest BCUT2D eigenvalue weighted by Gasteiger charge is -2.17. The number of ether oxygens (including phenoxy) is 1. The lowest BCUT2D eigenvalue weighted by Crippen LogP contribution is -2.24. The maximum absolute atomic E-state index is 13.8. The number of benzene rings is 1. The van der Waals surface area contributed by atoms with Crippen molar-refractivity contribution < 1.29 is 40.3 Å². The second kappa shape index (κ2) is 9.74. The smallest absolute Gasteiger partial charge is 0.422 e. The molecule has 2 aromatic rings. The third-order valence-corrected chi connectivity index (χ3v) is 4.01. The Balaban J connectivity index is 2.14. The third-order valence-electron chi connectivity index (χ3n) is 4.01. The summed E-state index contributed by atoms with van der Waals surface area (Å²) in [6.07, 6.45) is -9.61. The molecule has 0 saturated carbocycles. The highest BCUT2D eigenvalue weighted by Crippen LogP contribution is 2.29. The number of ketones is 1. The number of Topliss-reactive ketones (excluding diaryl/α,β-unsaturated/α-hetero) is 1.